The van der Waals surface area contributed by atoms with Crippen LogP contribution >= 0.6 is 35.0 Å². The summed E-state index contributed by atoms with van der Waals surface area (Å²) in [4.78, 5) is 28.0. The van der Waals surface area contributed by atoms with Crippen LogP contribution in [0.1, 0.15) is 50.3 Å². The first kappa shape index (κ1) is 26.6. The summed E-state index contributed by atoms with van der Waals surface area (Å²) < 4.78 is 0. The van der Waals surface area contributed by atoms with Crippen LogP contribution in [0.4, 0.5) is 0 Å². The predicted molar refractivity (Wildman–Crippen MR) is 136 cm³/mol. The molecule has 4 nitrogen and oxygen atoms in total. The van der Waals surface area contributed by atoms with Gasteiger partial charge in [-0.3, -0.25) is 9.59 Å². The molecule has 0 fully saturated rings. The zero-order chi connectivity index (χ0) is 23.7. The molecular weight excluding hydrogens is 463 g/mol. The Bertz CT molecular complexity index is 885. The van der Waals surface area contributed by atoms with Gasteiger partial charge in [0.05, 0.1) is 5.75 Å². The second-order valence-electron chi connectivity index (χ2n) is 7.94. The molecule has 0 aromatic heterocycles. The maximum absolute atomic E-state index is 13.3. The summed E-state index contributed by atoms with van der Waals surface area (Å²) in [5.41, 5.74) is 2.97. The van der Waals surface area contributed by atoms with Crippen molar-refractivity contribution in [2.75, 3.05) is 5.75 Å². The van der Waals surface area contributed by atoms with E-state index >= 15 is 0 Å². The number of carbonyl (C=O) groups excluding carboxylic acids is 2. The van der Waals surface area contributed by atoms with Crippen LogP contribution in [0.25, 0.3) is 0 Å². The Morgan fingerprint density at radius 2 is 1.66 bits per heavy atom. The van der Waals surface area contributed by atoms with Gasteiger partial charge >= 0.3 is 0 Å². The number of thioether (sulfide) groups is 1. The monoisotopic (exact) mass is 494 g/mol. The first-order valence-corrected chi connectivity index (χ1v) is 12.8. The molecule has 0 saturated heterocycles. The topological polar surface area (TPSA) is 49.4 Å². The Kier molecular flexibility index (Phi) is 10.9. The summed E-state index contributed by atoms with van der Waals surface area (Å²) >= 11 is 14.0. The Morgan fingerprint density at radius 1 is 1.03 bits per heavy atom. The minimum atomic E-state index is -0.526. The highest BCUT2D eigenvalue weighted by molar-refractivity contribution is 7.99. The molecule has 2 aromatic rings. The molecule has 0 aliphatic carbocycles. The van der Waals surface area contributed by atoms with Crippen LogP contribution in [0, 0.1) is 6.92 Å². The standard InChI is InChI=1S/C25H32Cl2N2O2S/c1-5-18(4)28-25(31)23(6-2)29(14-19-12-10-17(3)11-13-19)24(30)16-32-15-20-21(26)8-7-9-22(20)27/h7-13,18,23H,5-6,14-16H2,1-4H3,(H,28,31)/t18-,23-/m1/s1. The number of nitrogens with zero attached hydrogens (tertiary/aromatic N) is 1. The van der Waals surface area contributed by atoms with Gasteiger partial charge in [0.25, 0.3) is 0 Å². The fourth-order valence-electron chi connectivity index (χ4n) is 3.24. The average Bonchev–Trinajstić information content (AvgIpc) is 2.76. The van der Waals surface area contributed by atoms with Crippen LogP contribution in [-0.2, 0) is 21.9 Å². The molecule has 2 amide bonds. The number of hydrogen-bond donors (Lipinski definition) is 1. The van der Waals surface area contributed by atoms with Crippen molar-refractivity contribution in [3.05, 3.63) is 69.2 Å². The third kappa shape index (κ3) is 7.72. The smallest absolute Gasteiger partial charge is 0.243 e. The molecule has 0 aliphatic rings. The Hall–Kier alpha value is -1.69. The van der Waals surface area contributed by atoms with Gasteiger partial charge in [0.2, 0.25) is 11.8 Å². The highest BCUT2D eigenvalue weighted by Crippen LogP contribution is 2.28. The molecule has 0 heterocycles. The van der Waals surface area contributed by atoms with Gasteiger partial charge in [0.15, 0.2) is 0 Å². The van der Waals surface area contributed by atoms with Crippen LogP contribution in [0.3, 0.4) is 0 Å². The van der Waals surface area contributed by atoms with E-state index in [1.165, 1.54) is 11.8 Å². The van der Waals surface area contributed by atoms with E-state index in [4.69, 9.17) is 23.2 Å². The van der Waals surface area contributed by atoms with Crippen LogP contribution < -0.4 is 5.32 Å². The summed E-state index contributed by atoms with van der Waals surface area (Å²) in [7, 11) is 0. The van der Waals surface area contributed by atoms with Crippen molar-refractivity contribution in [1.82, 2.24) is 10.2 Å². The van der Waals surface area contributed by atoms with Gasteiger partial charge in [0, 0.05) is 28.4 Å². The lowest BCUT2D eigenvalue weighted by molar-refractivity contribution is -0.139. The van der Waals surface area contributed by atoms with E-state index in [-0.39, 0.29) is 23.6 Å². The summed E-state index contributed by atoms with van der Waals surface area (Å²) in [6.07, 6.45) is 1.38. The summed E-state index contributed by atoms with van der Waals surface area (Å²) in [5.74, 6) is 0.574. The number of nitrogens with one attached hydrogen (secondary N) is 1. The van der Waals surface area contributed by atoms with Crippen molar-refractivity contribution in [2.45, 2.75) is 64.9 Å². The zero-order valence-electron chi connectivity index (χ0n) is 19.2. The van der Waals surface area contributed by atoms with Gasteiger partial charge < -0.3 is 10.2 Å². The number of amides is 2. The Labute approximate surface area is 206 Å². The van der Waals surface area contributed by atoms with E-state index in [2.05, 4.69) is 5.32 Å². The molecule has 32 heavy (non-hydrogen) atoms. The number of hydrogen-bond acceptors (Lipinski definition) is 3. The van der Waals surface area contributed by atoms with Crippen molar-refractivity contribution >= 4 is 46.8 Å². The molecular formula is C25H32Cl2N2O2S. The fourth-order valence-corrected chi connectivity index (χ4v) is 4.89. The molecule has 0 aliphatic heterocycles. The quantitative estimate of drug-likeness (QED) is 0.401. The molecule has 1 N–H and O–H groups in total. The van der Waals surface area contributed by atoms with Gasteiger partial charge in [-0.2, -0.15) is 0 Å². The molecule has 174 valence electrons. The number of rotatable bonds is 11. The van der Waals surface area contributed by atoms with Crippen molar-refractivity contribution in [2.24, 2.45) is 0 Å². The van der Waals surface area contributed by atoms with Crippen molar-refractivity contribution in [3.63, 3.8) is 0 Å². The van der Waals surface area contributed by atoms with E-state index < -0.39 is 6.04 Å². The first-order valence-electron chi connectivity index (χ1n) is 10.9. The lowest BCUT2D eigenvalue weighted by Gasteiger charge is -2.31. The third-order valence-corrected chi connectivity index (χ3v) is 7.05. The second-order valence-corrected chi connectivity index (χ2v) is 9.74. The van der Waals surface area contributed by atoms with Crippen molar-refractivity contribution in [3.8, 4) is 0 Å². The SMILES string of the molecule is CC[C@@H](C)NC(=O)[C@@H](CC)N(Cc1ccc(C)cc1)C(=O)CSCc1c(Cl)cccc1Cl. The summed E-state index contributed by atoms with van der Waals surface area (Å²) in [6, 6.07) is 13.0. The van der Waals surface area contributed by atoms with Crippen LogP contribution in [0.15, 0.2) is 42.5 Å². The number of aryl methyl sites for hydroxylation is 1. The molecule has 2 aromatic carbocycles. The van der Waals surface area contributed by atoms with Crippen molar-refractivity contribution < 1.29 is 9.59 Å². The Morgan fingerprint density at radius 3 is 2.22 bits per heavy atom. The Balaban J connectivity index is 2.16. The van der Waals surface area contributed by atoms with Crippen LogP contribution in [-0.4, -0.2) is 34.6 Å². The van der Waals surface area contributed by atoms with E-state index in [0.29, 0.717) is 28.8 Å². The molecule has 7 heteroatoms. The molecule has 0 bridgehead atoms. The van der Waals surface area contributed by atoms with E-state index in [0.717, 1.165) is 23.1 Å². The summed E-state index contributed by atoms with van der Waals surface area (Å²) in [6.45, 7) is 8.35. The maximum Gasteiger partial charge on any atom is 0.243 e. The van der Waals surface area contributed by atoms with Gasteiger partial charge in [-0.15, -0.1) is 11.8 Å². The molecule has 0 saturated carbocycles. The number of carbonyl (C=O) groups is 2. The lowest BCUT2D eigenvalue weighted by Crippen LogP contribution is -2.51. The van der Waals surface area contributed by atoms with Crippen LogP contribution in [0.5, 0.6) is 0 Å². The highest BCUT2D eigenvalue weighted by Gasteiger charge is 2.29. The average molecular weight is 496 g/mol. The number of benzene rings is 2. The number of halogens is 2. The van der Waals surface area contributed by atoms with E-state index in [9.17, 15) is 9.59 Å². The first-order chi connectivity index (χ1) is 15.3. The zero-order valence-corrected chi connectivity index (χ0v) is 21.5. The minimum Gasteiger partial charge on any atom is -0.352 e. The maximum atomic E-state index is 13.3. The normalized spacial score (nSPS) is 12.8. The van der Waals surface area contributed by atoms with Gasteiger partial charge in [0.1, 0.15) is 6.04 Å². The summed E-state index contributed by atoms with van der Waals surface area (Å²) in [5, 5.41) is 4.22. The minimum absolute atomic E-state index is 0.0598. The van der Waals surface area contributed by atoms with Gasteiger partial charge in [-0.05, 0) is 49.9 Å². The highest BCUT2D eigenvalue weighted by atomic mass is 35.5. The van der Waals surface area contributed by atoms with Gasteiger partial charge in [-0.25, -0.2) is 0 Å². The molecule has 2 rings (SSSR count). The van der Waals surface area contributed by atoms with Crippen molar-refractivity contribution in [1.29, 1.82) is 0 Å². The van der Waals surface area contributed by atoms with Gasteiger partial charge in [-0.1, -0.05) is 72.9 Å². The lowest BCUT2D eigenvalue weighted by atomic mass is 10.1. The van der Waals surface area contributed by atoms with E-state index in [1.807, 2.05) is 52.0 Å². The molecule has 0 unspecified atom stereocenters. The fraction of sp³-hybridized carbons (Fsp3) is 0.440. The molecule has 2 atom stereocenters. The molecule has 0 spiro atoms. The largest absolute Gasteiger partial charge is 0.352 e. The van der Waals surface area contributed by atoms with E-state index in [1.54, 1.807) is 23.1 Å². The third-order valence-electron chi connectivity index (χ3n) is 5.39. The second kappa shape index (κ2) is 13.1. The predicted octanol–water partition coefficient (Wildman–Crippen LogP) is 6.26. The molecule has 0 radical (unpaired) electrons. The van der Waals surface area contributed by atoms with Crippen LogP contribution in [0.2, 0.25) is 10.0 Å².